The van der Waals surface area contributed by atoms with Gasteiger partial charge in [-0.1, -0.05) is 35.3 Å². The Morgan fingerprint density at radius 2 is 1.56 bits per heavy atom. The van der Waals surface area contributed by atoms with Crippen LogP contribution in [-0.2, 0) is 16.2 Å². The molecule has 1 fully saturated rings. The monoisotopic (exact) mass is 650 g/mol. The number of carbonyl (C=O) groups excluding carboxylic acids is 3. The fourth-order valence-corrected chi connectivity index (χ4v) is 5.50. The van der Waals surface area contributed by atoms with Crippen molar-refractivity contribution in [3.05, 3.63) is 95.3 Å². The van der Waals surface area contributed by atoms with Crippen molar-refractivity contribution in [2.75, 3.05) is 4.90 Å². The van der Waals surface area contributed by atoms with Crippen LogP contribution in [-0.4, -0.2) is 17.8 Å². The van der Waals surface area contributed by atoms with Crippen molar-refractivity contribution in [2.45, 2.75) is 20.5 Å². The molecule has 1 N–H and O–H groups in total. The van der Waals surface area contributed by atoms with E-state index < -0.39 is 17.8 Å². The van der Waals surface area contributed by atoms with Gasteiger partial charge in [0.15, 0.2) is 0 Å². The number of urea groups is 1. The minimum Gasteiger partial charge on any atom is -0.487 e. The van der Waals surface area contributed by atoms with Gasteiger partial charge in [-0.05, 0) is 110 Å². The van der Waals surface area contributed by atoms with Crippen LogP contribution >= 0.6 is 55.1 Å². The molecule has 0 unspecified atom stereocenters. The average Bonchev–Trinajstić information content (AvgIpc) is 2.77. The maximum Gasteiger partial charge on any atom is 0.335 e. The molecule has 1 heterocycles. The van der Waals surface area contributed by atoms with E-state index in [2.05, 4.69) is 37.2 Å². The van der Waals surface area contributed by atoms with Crippen LogP contribution in [0.15, 0.2) is 63.0 Å². The number of barbiturate groups is 1. The molecule has 0 radical (unpaired) electrons. The highest BCUT2D eigenvalue weighted by Gasteiger charge is 2.37. The molecule has 1 aliphatic rings. The quantitative estimate of drug-likeness (QED) is 0.231. The Morgan fingerprint density at radius 1 is 0.917 bits per heavy atom. The normalized spacial score (nSPS) is 14.9. The summed E-state index contributed by atoms with van der Waals surface area (Å²) < 4.78 is 7.12. The lowest BCUT2D eigenvalue weighted by molar-refractivity contribution is -0.122. The zero-order chi connectivity index (χ0) is 26.1. The Labute approximate surface area is 234 Å². The highest BCUT2D eigenvalue weighted by atomic mass is 79.9. The lowest BCUT2D eigenvalue weighted by atomic mass is 10.1. The molecule has 4 rings (SSSR count). The Morgan fingerprint density at radius 3 is 2.17 bits per heavy atom. The third kappa shape index (κ3) is 5.67. The minimum absolute atomic E-state index is 0.169. The topological polar surface area (TPSA) is 75.7 Å². The molecule has 0 aromatic heterocycles. The number of amides is 4. The number of nitrogens with one attached hydrogen (secondary N) is 1. The second kappa shape index (κ2) is 10.8. The summed E-state index contributed by atoms with van der Waals surface area (Å²) in [7, 11) is 0. The number of halogens is 4. The van der Waals surface area contributed by atoms with Crippen molar-refractivity contribution in [3.8, 4) is 5.75 Å². The van der Waals surface area contributed by atoms with Gasteiger partial charge in [0.2, 0.25) is 0 Å². The molecule has 1 saturated heterocycles. The Bertz CT molecular complexity index is 1410. The number of carbonyl (C=O) groups is 3. The van der Waals surface area contributed by atoms with E-state index in [1.807, 2.05) is 26.0 Å². The summed E-state index contributed by atoms with van der Waals surface area (Å²) in [5.74, 6) is -0.951. The van der Waals surface area contributed by atoms with Gasteiger partial charge in [-0.15, -0.1) is 0 Å². The van der Waals surface area contributed by atoms with Crippen molar-refractivity contribution in [1.29, 1.82) is 0 Å². The molecule has 6 nitrogen and oxygen atoms in total. The van der Waals surface area contributed by atoms with Crippen LogP contribution in [0.4, 0.5) is 10.5 Å². The van der Waals surface area contributed by atoms with E-state index in [0.29, 0.717) is 36.0 Å². The predicted molar refractivity (Wildman–Crippen MR) is 148 cm³/mol. The van der Waals surface area contributed by atoms with Crippen LogP contribution in [0.5, 0.6) is 5.75 Å². The second-order valence-electron chi connectivity index (χ2n) is 8.15. The van der Waals surface area contributed by atoms with Crippen molar-refractivity contribution >= 4 is 84.7 Å². The van der Waals surface area contributed by atoms with Gasteiger partial charge in [0.1, 0.15) is 17.9 Å². The summed E-state index contributed by atoms with van der Waals surface area (Å²) in [6.07, 6.45) is 1.43. The molecule has 3 aromatic carbocycles. The van der Waals surface area contributed by atoms with Crippen LogP contribution in [0.3, 0.4) is 0 Å². The van der Waals surface area contributed by atoms with Crippen LogP contribution in [0.1, 0.15) is 22.3 Å². The van der Waals surface area contributed by atoms with Gasteiger partial charge in [-0.2, -0.15) is 0 Å². The molecule has 36 heavy (non-hydrogen) atoms. The van der Waals surface area contributed by atoms with E-state index >= 15 is 0 Å². The van der Waals surface area contributed by atoms with Crippen molar-refractivity contribution < 1.29 is 19.1 Å². The van der Waals surface area contributed by atoms with Gasteiger partial charge in [-0.25, -0.2) is 9.69 Å². The average molecular weight is 653 g/mol. The van der Waals surface area contributed by atoms with Gasteiger partial charge in [0.05, 0.1) is 24.7 Å². The highest BCUT2D eigenvalue weighted by Crippen LogP contribution is 2.36. The smallest absolute Gasteiger partial charge is 0.335 e. The Kier molecular flexibility index (Phi) is 7.90. The first-order chi connectivity index (χ1) is 17.0. The van der Waals surface area contributed by atoms with Gasteiger partial charge in [0.25, 0.3) is 11.8 Å². The van der Waals surface area contributed by atoms with Crippen LogP contribution in [0.25, 0.3) is 6.08 Å². The van der Waals surface area contributed by atoms with Crippen molar-refractivity contribution in [3.63, 3.8) is 0 Å². The summed E-state index contributed by atoms with van der Waals surface area (Å²) >= 11 is 19.0. The molecule has 0 aliphatic carbocycles. The van der Waals surface area contributed by atoms with Crippen molar-refractivity contribution in [2.24, 2.45) is 0 Å². The first-order valence-corrected chi connectivity index (χ1v) is 12.9. The van der Waals surface area contributed by atoms with Crippen molar-refractivity contribution in [1.82, 2.24) is 5.32 Å². The molecule has 184 valence electrons. The molecule has 0 atom stereocenters. The third-order valence-electron chi connectivity index (χ3n) is 5.27. The number of benzene rings is 3. The maximum absolute atomic E-state index is 13.2. The van der Waals surface area contributed by atoms with Crippen LogP contribution < -0.4 is 15.0 Å². The number of hydrogen-bond donors (Lipinski definition) is 1. The molecular formula is C26H18Br2Cl2N2O4. The fourth-order valence-electron chi connectivity index (χ4n) is 3.72. The van der Waals surface area contributed by atoms with E-state index in [9.17, 15) is 14.4 Å². The van der Waals surface area contributed by atoms with Crippen LogP contribution in [0.2, 0.25) is 10.0 Å². The lowest BCUT2D eigenvalue weighted by Gasteiger charge is -2.27. The number of imide groups is 2. The number of anilines is 1. The Hall–Kier alpha value is -2.65. The molecule has 3 aromatic rings. The van der Waals surface area contributed by atoms with Gasteiger partial charge in [-0.3, -0.25) is 14.9 Å². The largest absolute Gasteiger partial charge is 0.487 e. The Balaban J connectivity index is 1.61. The fraction of sp³-hybridized carbons (Fsp3) is 0.115. The molecule has 10 heteroatoms. The summed E-state index contributed by atoms with van der Waals surface area (Å²) in [6, 6.07) is 13.2. The number of hydrogen-bond acceptors (Lipinski definition) is 4. The SMILES string of the molecule is Cc1cc(C)cc(N2C(=O)NC(=O)/C(=C\c3cc(Br)c(OCc4ccc(Cl)c(Cl)c4)c(Br)c3)C2=O)c1. The summed E-state index contributed by atoms with van der Waals surface area (Å²) in [6.45, 7) is 3.97. The van der Waals surface area contributed by atoms with Gasteiger partial charge < -0.3 is 4.74 Å². The van der Waals surface area contributed by atoms with Crippen LogP contribution in [0, 0.1) is 13.8 Å². The maximum atomic E-state index is 13.2. The molecular weight excluding hydrogens is 635 g/mol. The molecule has 4 amide bonds. The number of rotatable bonds is 5. The molecule has 0 saturated carbocycles. The zero-order valence-corrected chi connectivity index (χ0v) is 23.7. The molecule has 1 aliphatic heterocycles. The highest BCUT2D eigenvalue weighted by molar-refractivity contribution is 9.11. The number of nitrogens with zero attached hydrogens (tertiary/aromatic N) is 1. The first kappa shape index (κ1) is 26.4. The second-order valence-corrected chi connectivity index (χ2v) is 10.7. The summed E-state index contributed by atoms with van der Waals surface area (Å²) in [4.78, 5) is 39.3. The molecule has 0 bridgehead atoms. The van der Waals surface area contributed by atoms with Gasteiger partial charge >= 0.3 is 6.03 Å². The number of aryl methyl sites for hydroxylation is 2. The lowest BCUT2D eigenvalue weighted by Crippen LogP contribution is -2.54. The third-order valence-corrected chi connectivity index (χ3v) is 7.18. The predicted octanol–water partition coefficient (Wildman–Crippen LogP) is 7.38. The van der Waals surface area contributed by atoms with E-state index in [0.717, 1.165) is 21.6 Å². The van der Waals surface area contributed by atoms with E-state index in [4.69, 9.17) is 27.9 Å². The van der Waals surface area contributed by atoms with Gasteiger partial charge in [0, 0.05) is 0 Å². The summed E-state index contributed by atoms with van der Waals surface area (Å²) in [5, 5.41) is 3.14. The standard InChI is InChI=1S/C26H18Br2Cl2N2O4/c1-13-5-14(2)7-17(6-13)32-25(34)18(24(33)31-26(32)35)8-16-9-19(27)23(20(28)10-16)36-12-15-3-4-21(29)22(30)11-15/h3-11H,12H2,1-2H3,(H,31,33,35)/b18-8+. The zero-order valence-electron chi connectivity index (χ0n) is 19.0. The molecule has 0 spiro atoms. The minimum atomic E-state index is -0.791. The first-order valence-electron chi connectivity index (χ1n) is 10.6. The number of ether oxygens (including phenoxy) is 1. The summed E-state index contributed by atoms with van der Waals surface area (Å²) in [5.41, 5.74) is 3.37. The van der Waals surface area contributed by atoms with E-state index in [1.165, 1.54) is 6.08 Å². The van der Waals surface area contributed by atoms with E-state index in [1.54, 1.807) is 36.4 Å². The van der Waals surface area contributed by atoms with E-state index in [-0.39, 0.29) is 12.2 Å².